The average Bonchev–Trinajstić information content (AvgIpc) is 3.34. The zero-order valence-corrected chi connectivity index (χ0v) is 40.4. The predicted octanol–water partition coefficient (Wildman–Crippen LogP) is 7.03. The molecule has 0 spiro atoms. The number of carboxylic acids is 1. The van der Waals surface area contributed by atoms with E-state index < -0.39 is 73.1 Å². The molecule has 376 valence electrons. The van der Waals surface area contributed by atoms with E-state index in [1.54, 1.807) is 51.4 Å². The van der Waals surface area contributed by atoms with E-state index in [-0.39, 0.29) is 25.3 Å². The lowest BCUT2D eigenvalue weighted by Crippen LogP contribution is -2.60. The van der Waals surface area contributed by atoms with E-state index in [4.69, 9.17) is 15.2 Å². The molecule has 0 aromatic heterocycles. The van der Waals surface area contributed by atoms with Crippen molar-refractivity contribution in [1.82, 2.24) is 16.0 Å². The molecule has 3 amide bonds. The molecule has 0 bridgehead atoms. The number of aliphatic hydroxyl groups is 3. The number of rotatable bonds is 18. The molecule has 6 rings (SSSR count). The van der Waals surface area contributed by atoms with Crippen LogP contribution in [0.1, 0.15) is 200 Å². The summed E-state index contributed by atoms with van der Waals surface area (Å²) < 4.78 is 10.8. The molecule has 1 heterocycles. The lowest BCUT2D eigenvalue weighted by Gasteiger charge is -2.42. The molecule has 6 fully saturated rings. The van der Waals surface area contributed by atoms with E-state index in [2.05, 4.69) is 16.0 Å². The van der Waals surface area contributed by atoms with E-state index in [1.165, 1.54) is 123 Å². The van der Waals surface area contributed by atoms with E-state index in [9.17, 15) is 39.6 Å². The normalized spacial score (nSPS) is 27.9. The highest BCUT2D eigenvalue weighted by Gasteiger charge is 2.46. The van der Waals surface area contributed by atoms with Crippen LogP contribution < -0.4 is 21.7 Å². The molecule has 65 heavy (non-hydrogen) atoms. The van der Waals surface area contributed by atoms with Crippen molar-refractivity contribution in [1.29, 1.82) is 0 Å². The van der Waals surface area contributed by atoms with Gasteiger partial charge in [0.1, 0.15) is 30.4 Å². The first-order chi connectivity index (χ1) is 31.4. The van der Waals surface area contributed by atoms with Gasteiger partial charge in [-0.3, -0.25) is 14.4 Å². The van der Waals surface area contributed by atoms with Crippen LogP contribution in [0.3, 0.4) is 0 Å². The van der Waals surface area contributed by atoms with Crippen molar-refractivity contribution in [2.24, 2.45) is 41.2 Å². The highest BCUT2D eigenvalue weighted by molar-refractivity contribution is 5.91. The lowest BCUT2D eigenvalue weighted by molar-refractivity contribution is -0.280. The SMILES string of the molecule is C1CCC(C2CCCCC2)CC1.C1CCC(C2CCCCC2)CC1.C[C@H](NC(=O)[C@@H](C)O[C@H]1C(O)C(CO)OC(O)[C@H]1CN)C(=O)N[C@H](CCC(=O)NCCCC1CCCCC1)C(=O)O. The molecule has 9 N–H and O–H groups in total. The van der Waals surface area contributed by atoms with Crippen molar-refractivity contribution in [3.05, 3.63) is 0 Å². The molecule has 1 saturated heterocycles. The Morgan fingerprint density at radius 1 is 0.677 bits per heavy atom. The monoisotopic (exact) mass is 921 g/mol. The van der Waals surface area contributed by atoms with Crippen LogP contribution >= 0.6 is 0 Å². The van der Waals surface area contributed by atoms with E-state index in [1.807, 2.05) is 0 Å². The first kappa shape index (κ1) is 55.2. The number of nitrogens with two attached hydrogens (primary N) is 1. The van der Waals surface area contributed by atoms with E-state index in [0.717, 1.165) is 36.5 Å². The molecule has 6 aliphatic rings. The minimum atomic E-state index is -1.43. The van der Waals surface area contributed by atoms with Gasteiger partial charge in [0.25, 0.3) is 0 Å². The Labute approximate surface area is 391 Å². The second kappa shape index (κ2) is 30.9. The summed E-state index contributed by atoms with van der Waals surface area (Å²) in [5, 5.41) is 47.0. The van der Waals surface area contributed by atoms with Crippen molar-refractivity contribution in [3.63, 3.8) is 0 Å². The van der Waals surface area contributed by atoms with Crippen LogP contribution in [0.25, 0.3) is 0 Å². The van der Waals surface area contributed by atoms with E-state index >= 15 is 0 Å². The first-order valence-electron chi connectivity index (χ1n) is 26.5. The van der Waals surface area contributed by atoms with Crippen LogP contribution in [-0.4, -0.2) is 107 Å². The van der Waals surface area contributed by atoms with Crippen molar-refractivity contribution in [2.75, 3.05) is 19.7 Å². The van der Waals surface area contributed by atoms with Crippen molar-refractivity contribution < 1.29 is 49.1 Å². The van der Waals surface area contributed by atoms with Gasteiger partial charge in [0.2, 0.25) is 17.7 Å². The van der Waals surface area contributed by atoms with Gasteiger partial charge in [0.15, 0.2) is 6.29 Å². The van der Waals surface area contributed by atoms with Gasteiger partial charge < -0.3 is 51.6 Å². The summed E-state index contributed by atoms with van der Waals surface area (Å²) in [5.41, 5.74) is 5.66. The van der Waals surface area contributed by atoms with Gasteiger partial charge in [-0.25, -0.2) is 4.79 Å². The summed E-state index contributed by atoms with van der Waals surface area (Å²) in [5.74, 6) is 1.28. The van der Waals surface area contributed by atoms with Gasteiger partial charge in [0, 0.05) is 19.5 Å². The van der Waals surface area contributed by atoms with E-state index in [0.29, 0.717) is 12.5 Å². The number of ether oxygens (including phenoxy) is 2. The number of carbonyl (C=O) groups is 4. The molecular formula is C51H92N4O10. The fourth-order valence-corrected chi connectivity index (χ4v) is 11.7. The number of nitrogens with one attached hydrogen (secondary N) is 3. The van der Waals surface area contributed by atoms with Crippen molar-refractivity contribution in [2.45, 2.75) is 243 Å². The number of hydrogen-bond donors (Lipinski definition) is 8. The van der Waals surface area contributed by atoms with Crippen LogP contribution in [-0.2, 0) is 28.7 Å². The van der Waals surface area contributed by atoms with Gasteiger partial charge in [-0.15, -0.1) is 0 Å². The topological polar surface area (TPSA) is 230 Å². The fraction of sp³-hybridized carbons (Fsp3) is 0.922. The molecule has 1 aliphatic heterocycles. The van der Waals surface area contributed by atoms with Gasteiger partial charge in [-0.1, -0.05) is 161 Å². The smallest absolute Gasteiger partial charge is 0.326 e. The second-order valence-electron chi connectivity index (χ2n) is 20.6. The number of carboxylic acid groups (broad SMARTS) is 1. The number of aliphatic carboxylic acids is 1. The molecular weight excluding hydrogens is 829 g/mol. The Kier molecular flexibility index (Phi) is 26.3. The van der Waals surface area contributed by atoms with Crippen molar-refractivity contribution in [3.8, 4) is 0 Å². The van der Waals surface area contributed by atoms with Crippen LogP contribution in [0.15, 0.2) is 0 Å². The Hall–Kier alpha value is -2.36. The number of amides is 3. The Bertz CT molecular complexity index is 1280. The third-order valence-electron chi connectivity index (χ3n) is 15.8. The van der Waals surface area contributed by atoms with Crippen LogP contribution in [0.5, 0.6) is 0 Å². The molecule has 14 nitrogen and oxygen atoms in total. The summed E-state index contributed by atoms with van der Waals surface area (Å²) in [7, 11) is 0. The third kappa shape index (κ3) is 19.6. The van der Waals surface area contributed by atoms with Gasteiger partial charge in [-0.2, -0.15) is 0 Å². The molecule has 5 aliphatic carbocycles. The minimum absolute atomic E-state index is 0.0806. The summed E-state index contributed by atoms with van der Waals surface area (Å²) in [6.07, 6.45) is 32.5. The standard InChI is InChI=1S/C27H48N4O10.2C12H22/c1-15(30-25(36)16(2)40-23-18(13-28)27(39)41-20(14-32)22(23)34)24(35)31-19(26(37)38)10-11-21(33)29-12-6-9-17-7-4-3-5-8-17;2*1-3-7-11(8-4-1)12-9-5-2-6-10-12/h15-20,22-23,27,32,34,39H,3-14,28H2,1-2H3,(H,29,33)(H,30,36)(H,31,35)(H,37,38);2*11-12H,1-10H2/t15-,16+,18-,19+,20?,22?,23+,27?;;/m0../s1. The van der Waals surface area contributed by atoms with Gasteiger partial charge >= 0.3 is 5.97 Å². The largest absolute Gasteiger partial charge is 0.480 e. The highest BCUT2D eigenvalue weighted by Crippen LogP contribution is 2.39. The lowest BCUT2D eigenvalue weighted by atomic mass is 9.73. The maximum absolute atomic E-state index is 12.7. The highest BCUT2D eigenvalue weighted by atomic mass is 16.6. The average molecular weight is 921 g/mol. The summed E-state index contributed by atoms with van der Waals surface area (Å²) in [6.45, 7) is 2.52. The first-order valence-corrected chi connectivity index (χ1v) is 26.5. The maximum atomic E-state index is 12.7. The molecule has 0 radical (unpaired) electrons. The van der Waals surface area contributed by atoms with Crippen LogP contribution in [0.2, 0.25) is 0 Å². The summed E-state index contributed by atoms with van der Waals surface area (Å²) >= 11 is 0. The van der Waals surface area contributed by atoms with Crippen LogP contribution in [0.4, 0.5) is 0 Å². The molecule has 8 atom stereocenters. The predicted molar refractivity (Wildman–Crippen MR) is 252 cm³/mol. The quantitative estimate of drug-likeness (QED) is 0.0651. The maximum Gasteiger partial charge on any atom is 0.326 e. The minimum Gasteiger partial charge on any atom is -0.480 e. The Balaban J connectivity index is 0.000000305. The zero-order valence-electron chi connectivity index (χ0n) is 40.4. The van der Waals surface area contributed by atoms with Gasteiger partial charge in [-0.05, 0) is 62.7 Å². The Morgan fingerprint density at radius 3 is 1.57 bits per heavy atom. The number of carbonyl (C=O) groups excluding carboxylic acids is 3. The molecule has 14 heteroatoms. The summed E-state index contributed by atoms with van der Waals surface area (Å²) in [6, 6.07) is -2.48. The van der Waals surface area contributed by atoms with Crippen LogP contribution in [0, 0.1) is 35.5 Å². The fourth-order valence-electron chi connectivity index (χ4n) is 11.7. The third-order valence-corrected chi connectivity index (χ3v) is 15.8. The van der Waals surface area contributed by atoms with Crippen molar-refractivity contribution >= 4 is 23.7 Å². The molecule has 3 unspecified atom stereocenters. The summed E-state index contributed by atoms with van der Waals surface area (Å²) in [4.78, 5) is 49.2. The molecule has 5 saturated carbocycles. The zero-order chi connectivity index (χ0) is 47.0. The molecule has 0 aromatic carbocycles. The molecule has 0 aromatic rings. The Morgan fingerprint density at radius 2 is 1.14 bits per heavy atom. The number of aliphatic hydroxyl groups excluding tert-OH is 3. The number of hydrogen-bond acceptors (Lipinski definition) is 10. The van der Waals surface area contributed by atoms with Gasteiger partial charge in [0.05, 0.1) is 18.6 Å². The second-order valence-corrected chi connectivity index (χ2v) is 20.6.